The molecule has 28 heavy (non-hydrogen) atoms. The minimum Gasteiger partial charge on any atom is -0.463 e. The summed E-state index contributed by atoms with van der Waals surface area (Å²) in [4.78, 5) is 19.4. The number of carbonyl (C=O) groups excluding carboxylic acids is 1. The monoisotopic (exact) mass is 366 g/mol. The molecule has 0 atom stereocenters. The van der Waals surface area contributed by atoms with Gasteiger partial charge in [-0.1, -0.05) is 36.4 Å². The molecule has 3 aromatic carbocycles. The van der Waals surface area contributed by atoms with Crippen LogP contribution in [0.15, 0.2) is 113 Å². The van der Waals surface area contributed by atoms with E-state index in [1.54, 1.807) is 29.5 Å². The number of rotatable bonds is 5. The SMILES string of the molecule is O=C(c1ccc(N=Cc2ccco2)cc1)N(c1ccccc1)c1ccccc1. The number of para-hydroxylation sites is 2. The van der Waals surface area contributed by atoms with Crippen molar-refractivity contribution in [1.82, 2.24) is 0 Å². The average molecular weight is 366 g/mol. The van der Waals surface area contributed by atoms with Crippen molar-refractivity contribution >= 4 is 29.2 Å². The first kappa shape index (κ1) is 17.5. The zero-order valence-electron chi connectivity index (χ0n) is 15.1. The van der Waals surface area contributed by atoms with E-state index in [4.69, 9.17) is 4.42 Å². The second-order valence-electron chi connectivity index (χ2n) is 6.13. The highest BCUT2D eigenvalue weighted by Gasteiger charge is 2.19. The van der Waals surface area contributed by atoms with E-state index < -0.39 is 0 Å². The van der Waals surface area contributed by atoms with Crippen molar-refractivity contribution in [2.45, 2.75) is 0 Å². The fourth-order valence-corrected chi connectivity index (χ4v) is 2.86. The minimum absolute atomic E-state index is 0.0982. The molecule has 136 valence electrons. The number of aliphatic imine (C=N–C) groups is 1. The second kappa shape index (κ2) is 8.18. The average Bonchev–Trinajstić information content (AvgIpc) is 3.28. The van der Waals surface area contributed by atoms with Gasteiger partial charge in [0.25, 0.3) is 5.91 Å². The Hall–Kier alpha value is -3.92. The van der Waals surface area contributed by atoms with Crippen molar-refractivity contribution in [1.29, 1.82) is 0 Å². The van der Waals surface area contributed by atoms with Gasteiger partial charge in [-0.05, 0) is 60.7 Å². The van der Waals surface area contributed by atoms with Crippen LogP contribution in [0.2, 0.25) is 0 Å². The molecule has 4 rings (SSSR count). The number of hydrogen-bond acceptors (Lipinski definition) is 3. The van der Waals surface area contributed by atoms with E-state index in [1.807, 2.05) is 84.9 Å². The van der Waals surface area contributed by atoms with Crippen molar-refractivity contribution in [3.8, 4) is 0 Å². The number of hydrogen-bond donors (Lipinski definition) is 0. The molecule has 0 aliphatic heterocycles. The van der Waals surface area contributed by atoms with Gasteiger partial charge in [-0.2, -0.15) is 0 Å². The standard InChI is InChI=1S/C24H18N2O2/c27-24(19-13-15-20(16-14-19)25-18-23-12-7-17-28-23)26(21-8-3-1-4-9-21)22-10-5-2-6-11-22/h1-18H. The topological polar surface area (TPSA) is 45.8 Å². The lowest BCUT2D eigenvalue weighted by Crippen LogP contribution is -2.25. The molecule has 1 aromatic heterocycles. The summed E-state index contributed by atoms with van der Waals surface area (Å²) in [6.45, 7) is 0. The van der Waals surface area contributed by atoms with Gasteiger partial charge in [0.1, 0.15) is 5.76 Å². The zero-order chi connectivity index (χ0) is 19.2. The molecule has 4 nitrogen and oxygen atoms in total. The Morgan fingerprint density at radius 3 is 1.89 bits per heavy atom. The van der Waals surface area contributed by atoms with Crippen molar-refractivity contribution in [3.05, 3.63) is 115 Å². The number of anilines is 2. The molecule has 0 aliphatic carbocycles. The Bertz CT molecular complexity index is 1020. The lowest BCUT2D eigenvalue weighted by Gasteiger charge is -2.23. The molecule has 0 aliphatic rings. The van der Waals surface area contributed by atoms with Crippen molar-refractivity contribution in [3.63, 3.8) is 0 Å². The molecule has 4 heteroatoms. The number of nitrogens with zero attached hydrogens (tertiary/aromatic N) is 2. The van der Waals surface area contributed by atoms with Crippen molar-refractivity contribution in [2.75, 3.05) is 4.90 Å². The normalized spacial score (nSPS) is 10.9. The predicted molar refractivity (Wildman–Crippen MR) is 112 cm³/mol. The Balaban J connectivity index is 1.62. The summed E-state index contributed by atoms with van der Waals surface area (Å²) in [5.41, 5.74) is 2.97. The summed E-state index contributed by atoms with van der Waals surface area (Å²) in [5.74, 6) is 0.582. The molecule has 0 bridgehead atoms. The number of carbonyl (C=O) groups is 1. The van der Waals surface area contributed by atoms with Crippen LogP contribution in [0.5, 0.6) is 0 Å². The Morgan fingerprint density at radius 2 is 1.36 bits per heavy atom. The van der Waals surface area contributed by atoms with Gasteiger partial charge >= 0.3 is 0 Å². The van der Waals surface area contributed by atoms with Crippen LogP contribution >= 0.6 is 0 Å². The molecule has 0 saturated carbocycles. The van der Waals surface area contributed by atoms with Crippen LogP contribution in [-0.2, 0) is 0 Å². The van der Waals surface area contributed by atoms with Crippen molar-refractivity contribution in [2.24, 2.45) is 4.99 Å². The van der Waals surface area contributed by atoms with E-state index in [0.29, 0.717) is 11.3 Å². The van der Waals surface area contributed by atoms with Gasteiger partial charge in [-0.3, -0.25) is 14.7 Å². The van der Waals surface area contributed by atoms with Gasteiger partial charge in [0.2, 0.25) is 0 Å². The third-order valence-corrected chi connectivity index (χ3v) is 4.23. The summed E-state index contributed by atoms with van der Waals surface area (Å²) in [5, 5.41) is 0. The van der Waals surface area contributed by atoms with Gasteiger partial charge in [0.05, 0.1) is 18.2 Å². The fraction of sp³-hybridized carbons (Fsp3) is 0. The lowest BCUT2D eigenvalue weighted by molar-refractivity contribution is 0.0999. The summed E-state index contributed by atoms with van der Waals surface area (Å²) < 4.78 is 5.24. The summed E-state index contributed by atoms with van der Waals surface area (Å²) in [7, 11) is 0. The van der Waals surface area contributed by atoms with E-state index in [2.05, 4.69) is 4.99 Å². The Kier molecular flexibility index (Phi) is 5.11. The summed E-state index contributed by atoms with van der Waals surface area (Å²) >= 11 is 0. The van der Waals surface area contributed by atoms with Crippen molar-refractivity contribution < 1.29 is 9.21 Å². The molecule has 4 aromatic rings. The van der Waals surface area contributed by atoms with Gasteiger partial charge in [0, 0.05) is 16.9 Å². The maximum atomic E-state index is 13.3. The van der Waals surface area contributed by atoms with E-state index in [1.165, 1.54) is 0 Å². The quantitative estimate of drug-likeness (QED) is 0.406. The lowest BCUT2D eigenvalue weighted by atomic mass is 10.1. The zero-order valence-corrected chi connectivity index (χ0v) is 15.1. The molecule has 0 unspecified atom stereocenters. The molecule has 0 spiro atoms. The molecular formula is C24H18N2O2. The molecule has 0 fully saturated rings. The first-order chi connectivity index (χ1) is 13.8. The molecule has 1 amide bonds. The van der Waals surface area contributed by atoms with Crippen LogP contribution in [-0.4, -0.2) is 12.1 Å². The third kappa shape index (κ3) is 3.91. The largest absolute Gasteiger partial charge is 0.463 e. The molecule has 0 radical (unpaired) electrons. The maximum absolute atomic E-state index is 13.3. The Labute approximate surface area is 163 Å². The molecular weight excluding hydrogens is 348 g/mol. The van der Waals surface area contributed by atoms with Gasteiger partial charge in [0.15, 0.2) is 0 Å². The van der Waals surface area contributed by atoms with Crippen LogP contribution in [0, 0.1) is 0 Å². The van der Waals surface area contributed by atoms with Crippen LogP contribution < -0.4 is 4.90 Å². The van der Waals surface area contributed by atoms with Crippen LogP contribution in [0.4, 0.5) is 17.1 Å². The first-order valence-corrected chi connectivity index (χ1v) is 8.93. The highest BCUT2D eigenvalue weighted by Crippen LogP contribution is 2.27. The smallest absolute Gasteiger partial charge is 0.262 e. The van der Waals surface area contributed by atoms with Crippen LogP contribution in [0.3, 0.4) is 0 Å². The van der Waals surface area contributed by atoms with E-state index in [9.17, 15) is 4.79 Å². The second-order valence-corrected chi connectivity index (χ2v) is 6.13. The van der Waals surface area contributed by atoms with E-state index in [-0.39, 0.29) is 5.91 Å². The van der Waals surface area contributed by atoms with Gasteiger partial charge in [-0.25, -0.2) is 0 Å². The number of benzene rings is 3. The molecule has 0 saturated heterocycles. The third-order valence-electron chi connectivity index (χ3n) is 4.23. The summed E-state index contributed by atoms with van der Waals surface area (Å²) in [6, 6.07) is 30.1. The minimum atomic E-state index is -0.0982. The van der Waals surface area contributed by atoms with Gasteiger partial charge < -0.3 is 4.42 Å². The summed E-state index contributed by atoms with van der Waals surface area (Å²) in [6.07, 6.45) is 3.25. The van der Waals surface area contributed by atoms with Crippen LogP contribution in [0.1, 0.15) is 16.1 Å². The number of furan rings is 1. The fourth-order valence-electron chi connectivity index (χ4n) is 2.86. The highest BCUT2D eigenvalue weighted by atomic mass is 16.3. The first-order valence-electron chi connectivity index (χ1n) is 8.93. The number of amides is 1. The molecule has 0 N–H and O–H groups in total. The van der Waals surface area contributed by atoms with Crippen LogP contribution in [0.25, 0.3) is 0 Å². The Morgan fingerprint density at radius 1 is 0.750 bits per heavy atom. The van der Waals surface area contributed by atoms with E-state index in [0.717, 1.165) is 17.1 Å². The highest BCUT2D eigenvalue weighted by molar-refractivity contribution is 6.11. The van der Waals surface area contributed by atoms with Gasteiger partial charge in [-0.15, -0.1) is 0 Å². The predicted octanol–water partition coefficient (Wildman–Crippen LogP) is 6.01. The van der Waals surface area contributed by atoms with E-state index >= 15 is 0 Å². The maximum Gasteiger partial charge on any atom is 0.262 e. The molecule has 1 heterocycles.